The van der Waals surface area contributed by atoms with E-state index in [1.807, 2.05) is 0 Å². The molecule has 1 aliphatic rings. The summed E-state index contributed by atoms with van der Waals surface area (Å²) in [5, 5.41) is 4.23. The van der Waals surface area contributed by atoms with Crippen LogP contribution < -0.4 is 10.2 Å². The summed E-state index contributed by atoms with van der Waals surface area (Å²) >= 11 is 2.09. The van der Waals surface area contributed by atoms with Crippen LogP contribution in [0.5, 0.6) is 0 Å². The van der Waals surface area contributed by atoms with Crippen LogP contribution in [0.2, 0.25) is 0 Å². The van der Waals surface area contributed by atoms with Gasteiger partial charge in [-0.2, -0.15) is 11.8 Å². The molecule has 19 heavy (non-hydrogen) atoms. The van der Waals surface area contributed by atoms with Crippen molar-refractivity contribution in [2.45, 2.75) is 39.0 Å². The number of nitrogens with zero attached hydrogens (tertiary/aromatic N) is 1. The van der Waals surface area contributed by atoms with Gasteiger partial charge in [0, 0.05) is 36.3 Å². The number of hydrogen-bond donors (Lipinski definition) is 1. The summed E-state index contributed by atoms with van der Waals surface area (Å²) in [6.45, 7) is 11.2. The zero-order valence-electron chi connectivity index (χ0n) is 12.4. The SMILES string of the molecule is CCCNCc1ccc(N2CCSC(C)C2)cc1C. The summed E-state index contributed by atoms with van der Waals surface area (Å²) in [5.74, 6) is 1.25. The lowest BCUT2D eigenvalue weighted by Crippen LogP contribution is -2.36. The zero-order valence-corrected chi connectivity index (χ0v) is 13.2. The largest absolute Gasteiger partial charge is 0.370 e. The standard InChI is InChI=1S/C16H26N2S/c1-4-7-17-11-15-5-6-16(10-13(15)2)18-8-9-19-14(3)12-18/h5-6,10,14,17H,4,7-9,11-12H2,1-3H3. The minimum Gasteiger partial charge on any atom is -0.370 e. The van der Waals surface area contributed by atoms with E-state index >= 15 is 0 Å². The zero-order chi connectivity index (χ0) is 13.7. The predicted molar refractivity (Wildman–Crippen MR) is 87.3 cm³/mol. The minimum atomic E-state index is 0.750. The first-order chi connectivity index (χ1) is 9.20. The normalized spacial score (nSPS) is 19.7. The Morgan fingerprint density at radius 2 is 2.26 bits per heavy atom. The molecule has 1 N–H and O–H groups in total. The van der Waals surface area contributed by atoms with Gasteiger partial charge in [-0.25, -0.2) is 0 Å². The van der Waals surface area contributed by atoms with Gasteiger partial charge in [0.05, 0.1) is 0 Å². The van der Waals surface area contributed by atoms with Crippen molar-refractivity contribution < 1.29 is 0 Å². The molecular weight excluding hydrogens is 252 g/mol. The molecule has 1 heterocycles. The molecular formula is C16H26N2S. The van der Waals surface area contributed by atoms with Gasteiger partial charge < -0.3 is 10.2 Å². The van der Waals surface area contributed by atoms with E-state index in [0.717, 1.165) is 18.3 Å². The van der Waals surface area contributed by atoms with Crippen molar-refractivity contribution in [2.24, 2.45) is 0 Å². The molecule has 106 valence electrons. The van der Waals surface area contributed by atoms with Gasteiger partial charge in [-0.15, -0.1) is 0 Å². The molecule has 2 rings (SSSR count). The lowest BCUT2D eigenvalue weighted by molar-refractivity contribution is 0.673. The molecule has 1 saturated heterocycles. The molecule has 1 aromatic rings. The Morgan fingerprint density at radius 3 is 2.95 bits per heavy atom. The molecule has 0 bridgehead atoms. The summed E-state index contributed by atoms with van der Waals surface area (Å²) in [5.41, 5.74) is 4.23. The van der Waals surface area contributed by atoms with Crippen molar-refractivity contribution in [3.05, 3.63) is 29.3 Å². The average Bonchev–Trinajstić information content (AvgIpc) is 2.41. The summed E-state index contributed by atoms with van der Waals surface area (Å²) in [4.78, 5) is 2.53. The Balaban J connectivity index is 2.01. The smallest absolute Gasteiger partial charge is 0.0369 e. The number of benzene rings is 1. The van der Waals surface area contributed by atoms with Crippen LogP contribution in [-0.4, -0.2) is 30.6 Å². The number of aryl methyl sites for hydroxylation is 1. The predicted octanol–water partition coefficient (Wildman–Crippen LogP) is 3.44. The molecule has 0 spiro atoms. The number of thioether (sulfide) groups is 1. The van der Waals surface area contributed by atoms with Crippen molar-refractivity contribution in [3.63, 3.8) is 0 Å². The lowest BCUT2D eigenvalue weighted by Gasteiger charge is -2.32. The van der Waals surface area contributed by atoms with Crippen LogP contribution in [0.15, 0.2) is 18.2 Å². The maximum atomic E-state index is 3.48. The third kappa shape index (κ3) is 4.15. The van der Waals surface area contributed by atoms with Crippen LogP contribution in [0.25, 0.3) is 0 Å². The van der Waals surface area contributed by atoms with E-state index in [0.29, 0.717) is 0 Å². The van der Waals surface area contributed by atoms with Crippen LogP contribution in [-0.2, 0) is 6.54 Å². The van der Waals surface area contributed by atoms with E-state index in [2.05, 4.69) is 60.9 Å². The van der Waals surface area contributed by atoms with Crippen LogP contribution in [0.3, 0.4) is 0 Å². The van der Waals surface area contributed by atoms with Crippen LogP contribution in [0, 0.1) is 6.92 Å². The Morgan fingerprint density at radius 1 is 1.42 bits per heavy atom. The fourth-order valence-corrected chi connectivity index (χ4v) is 3.54. The Labute approximate surface area is 122 Å². The molecule has 0 aromatic heterocycles. The minimum absolute atomic E-state index is 0.750. The van der Waals surface area contributed by atoms with E-state index in [9.17, 15) is 0 Å². The van der Waals surface area contributed by atoms with Gasteiger partial charge in [0.25, 0.3) is 0 Å². The number of nitrogens with one attached hydrogen (secondary N) is 1. The molecule has 1 atom stereocenters. The second-order valence-electron chi connectivity index (χ2n) is 5.41. The molecule has 1 fully saturated rings. The highest BCUT2D eigenvalue weighted by Crippen LogP contribution is 2.25. The Kier molecular flexibility index (Phi) is 5.59. The molecule has 1 aromatic carbocycles. The quantitative estimate of drug-likeness (QED) is 0.831. The second kappa shape index (κ2) is 7.20. The maximum Gasteiger partial charge on any atom is 0.0369 e. The first kappa shape index (κ1) is 14.7. The van der Waals surface area contributed by atoms with Gasteiger partial charge in [-0.1, -0.05) is 19.9 Å². The van der Waals surface area contributed by atoms with Gasteiger partial charge in [0.15, 0.2) is 0 Å². The molecule has 2 nitrogen and oxygen atoms in total. The molecule has 3 heteroatoms. The fraction of sp³-hybridized carbons (Fsp3) is 0.625. The van der Waals surface area contributed by atoms with Gasteiger partial charge in [0.2, 0.25) is 0 Å². The van der Waals surface area contributed by atoms with E-state index in [4.69, 9.17) is 0 Å². The van der Waals surface area contributed by atoms with Crippen LogP contribution >= 0.6 is 11.8 Å². The molecule has 0 saturated carbocycles. The molecule has 0 aliphatic carbocycles. The molecule has 1 unspecified atom stereocenters. The van der Waals surface area contributed by atoms with Crippen molar-refractivity contribution in [1.82, 2.24) is 5.32 Å². The molecule has 1 aliphatic heterocycles. The summed E-state index contributed by atoms with van der Waals surface area (Å²) < 4.78 is 0. The van der Waals surface area contributed by atoms with Crippen LogP contribution in [0.4, 0.5) is 5.69 Å². The highest BCUT2D eigenvalue weighted by atomic mass is 32.2. The van der Waals surface area contributed by atoms with Gasteiger partial charge in [0.1, 0.15) is 0 Å². The highest BCUT2D eigenvalue weighted by Gasteiger charge is 2.17. The van der Waals surface area contributed by atoms with Gasteiger partial charge >= 0.3 is 0 Å². The number of hydrogen-bond acceptors (Lipinski definition) is 3. The Bertz CT molecular complexity index is 406. The molecule has 0 radical (unpaired) electrons. The first-order valence-electron chi connectivity index (χ1n) is 7.37. The summed E-state index contributed by atoms with van der Waals surface area (Å²) in [6, 6.07) is 6.93. The topological polar surface area (TPSA) is 15.3 Å². The van der Waals surface area contributed by atoms with E-state index in [-0.39, 0.29) is 0 Å². The maximum absolute atomic E-state index is 3.48. The third-order valence-electron chi connectivity index (χ3n) is 3.67. The van der Waals surface area contributed by atoms with Crippen LogP contribution in [0.1, 0.15) is 31.4 Å². The lowest BCUT2D eigenvalue weighted by atomic mass is 10.1. The first-order valence-corrected chi connectivity index (χ1v) is 8.42. The van der Waals surface area contributed by atoms with E-state index in [1.165, 1.54) is 42.1 Å². The van der Waals surface area contributed by atoms with Crippen molar-refractivity contribution in [1.29, 1.82) is 0 Å². The van der Waals surface area contributed by atoms with Crippen molar-refractivity contribution in [2.75, 3.05) is 30.3 Å². The monoisotopic (exact) mass is 278 g/mol. The third-order valence-corrected chi connectivity index (χ3v) is 4.81. The van der Waals surface area contributed by atoms with Gasteiger partial charge in [-0.3, -0.25) is 0 Å². The van der Waals surface area contributed by atoms with Crippen molar-refractivity contribution >= 4 is 17.4 Å². The summed E-state index contributed by atoms with van der Waals surface area (Å²) in [6.07, 6.45) is 1.19. The second-order valence-corrected chi connectivity index (χ2v) is 6.96. The van der Waals surface area contributed by atoms with E-state index < -0.39 is 0 Å². The highest BCUT2D eigenvalue weighted by molar-refractivity contribution is 8.00. The van der Waals surface area contributed by atoms with Gasteiger partial charge in [-0.05, 0) is 43.1 Å². The number of rotatable bonds is 5. The fourth-order valence-electron chi connectivity index (χ4n) is 2.53. The Hall–Kier alpha value is -0.670. The van der Waals surface area contributed by atoms with E-state index in [1.54, 1.807) is 0 Å². The van der Waals surface area contributed by atoms with Crippen molar-refractivity contribution in [3.8, 4) is 0 Å². The average molecular weight is 278 g/mol. The molecule has 0 amide bonds. The summed E-state index contributed by atoms with van der Waals surface area (Å²) in [7, 11) is 0. The number of anilines is 1.